The highest BCUT2D eigenvalue weighted by atomic mass is 32.2. The molecule has 0 amide bonds. The van der Waals surface area contributed by atoms with Crippen LogP contribution in [0.2, 0.25) is 0 Å². The van der Waals surface area contributed by atoms with Gasteiger partial charge in [0, 0.05) is 35.4 Å². The highest BCUT2D eigenvalue weighted by Gasteiger charge is 2.08. The summed E-state index contributed by atoms with van der Waals surface area (Å²) in [5.41, 5.74) is 0. The van der Waals surface area contributed by atoms with E-state index in [4.69, 9.17) is 4.74 Å². The molecule has 0 rings (SSSR count). The summed E-state index contributed by atoms with van der Waals surface area (Å²) in [6.07, 6.45) is 1.32. The number of nitrogens with one attached hydrogen (secondary N) is 1. The molecule has 0 radical (unpaired) electrons. The zero-order valence-corrected chi connectivity index (χ0v) is 10.8. The molecule has 4 nitrogen and oxygen atoms in total. The molecule has 0 spiro atoms. The van der Waals surface area contributed by atoms with E-state index in [0.29, 0.717) is 18.9 Å². The predicted molar refractivity (Wildman–Crippen MR) is 63.5 cm³/mol. The second kappa shape index (κ2) is 8.21. The van der Waals surface area contributed by atoms with Gasteiger partial charge in [0.1, 0.15) is 0 Å². The van der Waals surface area contributed by atoms with Crippen LogP contribution in [0, 0.1) is 0 Å². The van der Waals surface area contributed by atoms with E-state index in [-0.39, 0.29) is 12.1 Å². The van der Waals surface area contributed by atoms with Gasteiger partial charge in [-0.2, -0.15) is 0 Å². The van der Waals surface area contributed by atoms with Crippen molar-refractivity contribution in [1.82, 2.24) is 5.32 Å². The third kappa shape index (κ3) is 10.3. The van der Waals surface area contributed by atoms with E-state index in [1.54, 1.807) is 6.26 Å². The monoisotopic (exact) mass is 237 g/mol. The molecule has 5 heteroatoms. The molecular weight excluding hydrogens is 214 g/mol. The highest BCUT2D eigenvalue weighted by molar-refractivity contribution is 7.84. The Balaban J connectivity index is 3.52. The van der Waals surface area contributed by atoms with Gasteiger partial charge >= 0.3 is 0 Å². The first-order valence-electron chi connectivity index (χ1n) is 5.25. The summed E-state index contributed by atoms with van der Waals surface area (Å²) in [6.45, 7) is 6.64. The van der Waals surface area contributed by atoms with Crippen LogP contribution in [0.5, 0.6) is 0 Å². The van der Waals surface area contributed by atoms with E-state index in [1.165, 1.54) is 0 Å². The summed E-state index contributed by atoms with van der Waals surface area (Å²) in [5, 5.41) is 12.6. The lowest BCUT2D eigenvalue weighted by Crippen LogP contribution is -2.38. The molecule has 0 aromatic carbocycles. The minimum atomic E-state index is -0.797. The predicted octanol–water partition coefficient (Wildman–Crippen LogP) is 0.129. The number of ether oxygens (including phenoxy) is 1. The van der Waals surface area contributed by atoms with Crippen molar-refractivity contribution in [2.75, 3.05) is 25.2 Å². The lowest BCUT2D eigenvalue weighted by atomic mass is 10.3. The van der Waals surface area contributed by atoms with Crippen molar-refractivity contribution < 1.29 is 14.1 Å². The average molecular weight is 237 g/mol. The first-order chi connectivity index (χ1) is 6.91. The quantitative estimate of drug-likeness (QED) is 0.630. The van der Waals surface area contributed by atoms with Crippen LogP contribution in [0.15, 0.2) is 0 Å². The largest absolute Gasteiger partial charge is 0.389 e. The van der Waals surface area contributed by atoms with Gasteiger partial charge in [0.2, 0.25) is 0 Å². The topological polar surface area (TPSA) is 58.6 Å². The van der Waals surface area contributed by atoms with Crippen LogP contribution >= 0.6 is 0 Å². The van der Waals surface area contributed by atoms with Crippen LogP contribution < -0.4 is 5.32 Å². The molecule has 0 saturated carbocycles. The van der Waals surface area contributed by atoms with Gasteiger partial charge in [-0.05, 0) is 20.8 Å². The Morgan fingerprint density at radius 1 is 1.40 bits per heavy atom. The third-order valence-corrected chi connectivity index (χ3v) is 2.78. The number of hydrogen-bond donors (Lipinski definition) is 2. The number of hydrogen-bond acceptors (Lipinski definition) is 4. The summed E-state index contributed by atoms with van der Waals surface area (Å²) in [4.78, 5) is 0. The normalized spacial score (nSPS) is 17.7. The second-order valence-electron chi connectivity index (χ2n) is 4.09. The van der Waals surface area contributed by atoms with Gasteiger partial charge in [0.15, 0.2) is 0 Å². The zero-order chi connectivity index (χ0) is 11.8. The Morgan fingerprint density at radius 3 is 2.47 bits per heavy atom. The molecule has 0 aliphatic rings. The van der Waals surface area contributed by atoms with Crippen molar-refractivity contribution in [3.63, 3.8) is 0 Å². The molecule has 0 aliphatic carbocycles. The van der Waals surface area contributed by atoms with Crippen molar-refractivity contribution in [3.8, 4) is 0 Å². The first kappa shape index (κ1) is 15.0. The van der Waals surface area contributed by atoms with E-state index < -0.39 is 16.9 Å². The van der Waals surface area contributed by atoms with Crippen molar-refractivity contribution in [3.05, 3.63) is 0 Å². The van der Waals surface area contributed by atoms with E-state index >= 15 is 0 Å². The van der Waals surface area contributed by atoms with Crippen molar-refractivity contribution in [1.29, 1.82) is 0 Å². The van der Waals surface area contributed by atoms with Crippen molar-refractivity contribution in [2.45, 2.75) is 39.0 Å². The number of aliphatic hydroxyl groups excluding tert-OH is 1. The molecule has 3 atom stereocenters. The van der Waals surface area contributed by atoms with Crippen LogP contribution in [-0.4, -0.2) is 52.7 Å². The van der Waals surface area contributed by atoms with Gasteiger partial charge in [-0.1, -0.05) is 0 Å². The SMILES string of the molecule is CC(CS(C)=O)NCC(O)COC(C)C. The molecule has 92 valence electrons. The fraction of sp³-hybridized carbons (Fsp3) is 1.00. The lowest BCUT2D eigenvalue weighted by molar-refractivity contribution is 0.00584. The number of rotatable bonds is 8. The van der Waals surface area contributed by atoms with Gasteiger partial charge < -0.3 is 15.2 Å². The van der Waals surface area contributed by atoms with Crippen LogP contribution in [-0.2, 0) is 15.5 Å². The molecule has 3 unspecified atom stereocenters. The molecular formula is C10H23NO3S. The fourth-order valence-corrected chi connectivity index (χ4v) is 1.93. The van der Waals surface area contributed by atoms with E-state index in [2.05, 4.69) is 5.32 Å². The van der Waals surface area contributed by atoms with Crippen LogP contribution in [0.1, 0.15) is 20.8 Å². The number of aliphatic hydroxyl groups is 1. The van der Waals surface area contributed by atoms with E-state index in [0.717, 1.165) is 0 Å². The molecule has 0 heterocycles. The summed E-state index contributed by atoms with van der Waals surface area (Å²) in [7, 11) is -0.797. The Bertz CT molecular complexity index is 188. The molecule has 15 heavy (non-hydrogen) atoms. The van der Waals surface area contributed by atoms with Gasteiger partial charge in [-0.25, -0.2) is 0 Å². The summed E-state index contributed by atoms with van der Waals surface area (Å²) >= 11 is 0. The zero-order valence-electron chi connectivity index (χ0n) is 10.0. The lowest BCUT2D eigenvalue weighted by Gasteiger charge is -2.17. The first-order valence-corrected chi connectivity index (χ1v) is 6.97. The van der Waals surface area contributed by atoms with Gasteiger partial charge in [-0.15, -0.1) is 0 Å². The van der Waals surface area contributed by atoms with Gasteiger partial charge in [-0.3, -0.25) is 4.21 Å². The Hall–Kier alpha value is 0.0300. The summed E-state index contributed by atoms with van der Waals surface area (Å²) in [5.74, 6) is 0.609. The second-order valence-corrected chi connectivity index (χ2v) is 5.56. The molecule has 0 saturated heterocycles. The fourth-order valence-electron chi connectivity index (χ4n) is 1.11. The molecule has 0 aliphatic heterocycles. The highest BCUT2D eigenvalue weighted by Crippen LogP contribution is 1.92. The minimum absolute atomic E-state index is 0.139. The van der Waals surface area contributed by atoms with E-state index in [9.17, 15) is 9.32 Å². The Kier molecular flexibility index (Phi) is 8.23. The minimum Gasteiger partial charge on any atom is -0.389 e. The van der Waals surface area contributed by atoms with Crippen molar-refractivity contribution in [2.24, 2.45) is 0 Å². The van der Waals surface area contributed by atoms with Gasteiger partial charge in [0.05, 0.1) is 18.8 Å². The Labute approximate surface area is 94.9 Å². The standard InChI is InChI=1S/C10H23NO3S/c1-8(2)14-6-10(12)5-11-9(3)7-15(4)13/h8-12H,5-7H2,1-4H3. The van der Waals surface area contributed by atoms with Crippen LogP contribution in [0.25, 0.3) is 0 Å². The summed E-state index contributed by atoms with van der Waals surface area (Å²) < 4.78 is 16.2. The molecule has 0 aromatic rings. The van der Waals surface area contributed by atoms with Gasteiger partial charge in [0.25, 0.3) is 0 Å². The average Bonchev–Trinajstić information content (AvgIpc) is 2.10. The molecule has 0 fully saturated rings. The molecule has 2 N–H and O–H groups in total. The van der Waals surface area contributed by atoms with Crippen molar-refractivity contribution >= 4 is 10.8 Å². The smallest absolute Gasteiger partial charge is 0.0897 e. The maximum absolute atomic E-state index is 10.9. The Morgan fingerprint density at radius 2 is 2.00 bits per heavy atom. The molecule has 0 aromatic heterocycles. The maximum atomic E-state index is 10.9. The molecule has 0 bridgehead atoms. The summed E-state index contributed by atoms with van der Waals surface area (Å²) in [6, 6.07) is 0.157. The maximum Gasteiger partial charge on any atom is 0.0897 e. The third-order valence-electron chi connectivity index (χ3n) is 1.81. The van der Waals surface area contributed by atoms with Crippen LogP contribution in [0.4, 0.5) is 0 Å². The van der Waals surface area contributed by atoms with Crippen LogP contribution in [0.3, 0.4) is 0 Å². The van der Waals surface area contributed by atoms with E-state index in [1.807, 2.05) is 20.8 Å².